The summed E-state index contributed by atoms with van der Waals surface area (Å²) in [6, 6.07) is 20.0. The van der Waals surface area contributed by atoms with Gasteiger partial charge in [0.15, 0.2) is 0 Å². The minimum atomic E-state index is -0.438. The summed E-state index contributed by atoms with van der Waals surface area (Å²) in [5.41, 5.74) is 2.63. The van der Waals surface area contributed by atoms with E-state index in [1.807, 2.05) is 42.5 Å². The molecule has 0 aromatic heterocycles. The van der Waals surface area contributed by atoms with Gasteiger partial charge in [0.05, 0.1) is 15.6 Å². The number of nitro groups is 1. The van der Waals surface area contributed by atoms with Gasteiger partial charge >= 0.3 is 0 Å². The van der Waals surface area contributed by atoms with Crippen LogP contribution in [0.15, 0.2) is 76.4 Å². The molecule has 0 fully saturated rings. The summed E-state index contributed by atoms with van der Waals surface area (Å²) in [7, 11) is 0. The first-order valence-corrected chi connectivity index (χ1v) is 10.4. The quantitative estimate of drug-likeness (QED) is 0.143. The zero-order chi connectivity index (χ0) is 20.6. The smallest absolute Gasteiger partial charge is 0.269 e. The Labute approximate surface area is 189 Å². The number of ether oxygens (including phenoxy) is 1. The van der Waals surface area contributed by atoms with Crippen LogP contribution in [0.5, 0.6) is 5.75 Å². The number of rotatable bonds is 8. The van der Waals surface area contributed by atoms with E-state index in [9.17, 15) is 10.1 Å². The molecule has 0 aliphatic heterocycles. The summed E-state index contributed by atoms with van der Waals surface area (Å²) < 4.78 is 7.85. The van der Waals surface area contributed by atoms with Gasteiger partial charge in [0.2, 0.25) is 0 Å². The molecule has 148 valence electrons. The molecular weight excluding hydrogens is 551 g/mol. The van der Waals surface area contributed by atoms with E-state index in [-0.39, 0.29) is 12.3 Å². The highest BCUT2D eigenvalue weighted by Gasteiger charge is 2.06. The van der Waals surface area contributed by atoms with Crippen molar-refractivity contribution in [1.82, 2.24) is 0 Å². The fourth-order valence-electron chi connectivity index (χ4n) is 2.43. The number of nitrogens with zero attached hydrogens (tertiary/aromatic N) is 2. The van der Waals surface area contributed by atoms with Gasteiger partial charge in [-0.15, -0.1) is 0 Å². The van der Waals surface area contributed by atoms with Crippen LogP contribution in [0.2, 0.25) is 0 Å². The van der Waals surface area contributed by atoms with Crippen molar-refractivity contribution in [1.29, 1.82) is 0 Å². The molecule has 0 aliphatic carbocycles. The minimum Gasteiger partial charge on any atom is -0.488 e. The summed E-state index contributed by atoms with van der Waals surface area (Å²) in [6.45, 7) is 0.631. The Morgan fingerprint density at radius 2 is 1.83 bits per heavy atom. The second-order valence-corrected chi connectivity index (χ2v) is 8.14. The van der Waals surface area contributed by atoms with Crippen LogP contribution in [-0.2, 0) is 18.1 Å². The van der Waals surface area contributed by atoms with E-state index in [0.717, 1.165) is 21.3 Å². The maximum Gasteiger partial charge on any atom is 0.269 e. The minimum absolute atomic E-state index is 0.0276. The van der Waals surface area contributed by atoms with E-state index >= 15 is 0 Å². The second-order valence-electron chi connectivity index (χ2n) is 6.04. The van der Waals surface area contributed by atoms with E-state index in [0.29, 0.717) is 12.2 Å². The maximum atomic E-state index is 10.8. The molecule has 3 aromatic carbocycles. The lowest BCUT2D eigenvalue weighted by Crippen LogP contribution is -1.96. The van der Waals surface area contributed by atoms with Gasteiger partial charge in [0.25, 0.3) is 5.69 Å². The Balaban J connectivity index is 1.53. The van der Waals surface area contributed by atoms with E-state index < -0.39 is 4.92 Å². The van der Waals surface area contributed by atoms with Crippen LogP contribution in [0.4, 0.5) is 5.69 Å². The normalized spacial score (nSPS) is 10.8. The number of hydrogen-bond acceptors (Lipinski definition) is 5. The van der Waals surface area contributed by atoms with Gasteiger partial charge in [-0.3, -0.25) is 10.1 Å². The van der Waals surface area contributed by atoms with Gasteiger partial charge in [0.1, 0.15) is 19.0 Å². The zero-order valence-corrected chi connectivity index (χ0v) is 18.9. The molecule has 0 heterocycles. The molecule has 0 bridgehead atoms. The van der Waals surface area contributed by atoms with Crippen molar-refractivity contribution in [2.75, 3.05) is 0 Å². The summed E-state index contributed by atoms with van der Waals surface area (Å²) in [4.78, 5) is 15.6. The molecular formula is C21H16BrIN2O4. The fraction of sp³-hybridized carbons (Fsp3) is 0.0952. The molecule has 0 saturated heterocycles. The predicted octanol–water partition coefficient (Wildman–Crippen LogP) is 6.09. The summed E-state index contributed by atoms with van der Waals surface area (Å²) in [5.74, 6) is 0.734. The van der Waals surface area contributed by atoms with Crippen molar-refractivity contribution in [3.8, 4) is 5.75 Å². The van der Waals surface area contributed by atoms with Crippen LogP contribution in [-0.4, -0.2) is 11.1 Å². The molecule has 0 atom stereocenters. The Kier molecular flexibility index (Phi) is 7.59. The topological polar surface area (TPSA) is 74.0 Å². The Morgan fingerprint density at radius 1 is 1.03 bits per heavy atom. The van der Waals surface area contributed by atoms with E-state index in [2.05, 4.69) is 43.7 Å². The molecule has 0 spiro atoms. The van der Waals surface area contributed by atoms with Crippen LogP contribution in [0.3, 0.4) is 0 Å². The van der Waals surface area contributed by atoms with Crippen LogP contribution in [0.1, 0.15) is 16.7 Å². The molecule has 0 amide bonds. The standard InChI is InChI=1S/C21H16BrIN2O4/c22-20-11-16(6-9-21(20)28-13-15-4-7-18(23)8-5-15)12-24-29-14-17-2-1-3-19(10-17)25(26)27/h1-12H,13-14H2/b24-12-. The number of nitro benzene ring substituents is 1. The van der Waals surface area contributed by atoms with Gasteiger partial charge in [-0.1, -0.05) is 29.4 Å². The number of benzene rings is 3. The van der Waals surface area contributed by atoms with Gasteiger partial charge < -0.3 is 9.57 Å². The lowest BCUT2D eigenvalue weighted by atomic mass is 10.2. The van der Waals surface area contributed by atoms with Gasteiger partial charge in [0, 0.05) is 15.7 Å². The molecule has 0 aliphatic rings. The van der Waals surface area contributed by atoms with Crippen LogP contribution < -0.4 is 4.74 Å². The number of hydrogen-bond donors (Lipinski definition) is 0. The largest absolute Gasteiger partial charge is 0.488 e. The highest BCUT2D eigenvalue weighted by atomic mass is 127. The van der Waals surface area contributed by atoms with Crippen molar-refractivity contribution in [3.05, 3.63) is 102 Å². The first kappa shape index (κ1) is 21.3. The first-order valence-electron chi connectivity index (χ1n) is 8.57. The van der Waals surface area contributed by atoms with Crippen molar-refractivity contribution in [3.63, 3.8) is 0 Å². The van der Waals surface area contributed by atoms with E-state index in [1.54, 1.807) is 18.3 Å². The van der Waals surface area contributed by atoms with Gasteiger partial charge in [-0.2, -0.15) is 0 Å². The molecule has 8 heteroatoms. The number of oxime groups is 1. The van der Waals surface area contributed by atoms with Crippen molar-refractivity contribution >= 4 is 50.4 Å². The molecule has 6 nitrogen and oxygen atoms in total. The van der Waals surface area contributed by atoms with Gasteiger partial charge in [-0.25, -0.2) is 0 Å². The SMILES string of the molecule is O=[N+]([O-])c1cccc(CO/N=C\c2ccc(OCc3ccc(I)cc3)c(Br)c2)c1. The Bertz CT molecular complexity index is 1030. The third kappa shape index (κ3) is 6.53. The van der Waals surface area contributed by atoms with Crippen LogP contribution in [0.25, 0.3) is 0 Å². The Hall–Kier alpha value is -2.46. The second kappa shape index (κ2) is 10.4. The molecule has 0 saturated carbocycles. The summed E-state index contributed by atoms with van der Waals surface area (Å²) in [6.07, 6.45) is 1.57. The molecule has 0 N–H and O–H groups in total. The highest BCUT2D eigenvalue weighted by Crippen LogP contribution is 2.26. The highest BCUT2D eigenvalue weighted by molar-refractivity contribution is 14.1. The summed E-state index contributed by atoms with van der Waals surface area (Å²) >= 11 is 5.78. The predicted molar refractivity (Wildman–Crippen MR) is 123 cm³/mol. The fourth-order valence-corrected chi connectivity index (χ4v) is 3.30. The van der Waals surface area contributed by atoms with Crippen molar-refractivity contribution < 1.29 is 14.5 Å². The van der Waals surface area contributed by atoms with Crippen LogP contribution >= 0.6 is 38.5 Å². The van der Waals surface area contributed by atoms with E-state index in [4.69, 9.17) is 9.57 Å². The maximum absolute atomic E-state index is 10.8. The average molecular weight is 567 g/mol. The van der Waals surface area contributed by atoms with Gasteiger partial charge in [-0.05, 0) is 85.5 Å². The number of non-ortho nitro benzene ring substituents is 1. The molecule has 0 radical (unpaired) electrons. The molecule has 3 rings (SSSR count). The third-order valence-electron chi connectivity index (χ3n) is 3.89. The Morgan fingerprint density at radius 3 is 2.55 bits per heavy atom. The number of halogens is 2. The molecule has 3 aromatic rings. The monoisotopic (exact) mass is 566 g/mol. The molecule has 0 unspecified atom stereocenters. The van der Waals surface area contributed by atoms with Crippen LogP contribution in [0, 0.1) is 13.7 Å². The lowest BCUT2D eigenvalue weighted by Gasteiger charge is -2.09. The van der Waals surface area contributed by atoms with Crippen molar-refractivity contribution in [2.45, 2.75) is 13.2 Å². The first-order chi connectivity index (χ1) is 14.0. The zero-order valence-electron chi connectivity index (χ0n) is 15.1. The average Bonchev–Trinajstić information content (AvgIpc) is 2.72. The lowest BCUT2D eigenvalue weighted by molar-refractivity contribution is -0.384. The van der Waals surface area contributed by atoms with E-state index in [1.165, 1.54) is 15.7 Å². The summed E-state index contributed by atoms with van der Waals surface area (Å²) in [5, 5.41) is 14.7. The third-order valence-corrected chi connectivity index (χ3v) is 5.23. The van der Waals surface area contributed by atoms with Crippen molar-refractivity contribution in [2.24, 2.45) is 5.16 Å². The molecule has 29 heavy (non-hydrogen) atoms.